The Labute approximate surface area is 208 Å². The first-order valence-corrected chi connectivity index (χ1v) is 11.2. The van der Waals surface area contributed by atoms with Gasteiger partial charge in [-0.1, -0.05) is 71.7 Å². The van der Waals surface area contributed by atoms with Gasteiger partial charge in [-0.25, -0.2) is 0 Å². The van der Waals surface area contributed by atoms with Crippen LogP contribution in [0.4, 0.5) is 11.4 Å². The Bertz CT molecular complexity index is 637. The van der Waals surface area contributed by atoms with Gasteiger partial charge in [0.15, 0.2) is 0 Å². The molecular formula is C22H28CuN2S4. The van der Waals surface area contributed by atoms with Gasteiger partial charge in [0.25, 0.3) is 0 Å². The second kappa shape index (κ2) is 16.9. The molecule has 0 fully saturated rings. The van der Waals surface area contributed by atoms with Gasteiger partial charge in [-0.15, -0.1) is 0 Å². The van der Waals surface area contributed by atoms with Gasteiger partial charge in [0.05, 0.1) is 0 Å². The van der Waals surface area contributed by atoms with Crippen LogP contribution in [-0.2, 0) is 42.3 Å². The summed E-state index contributed by atoms with van der Waals surface area (Å²) in [6.07, 6.45) is 4.54. The molecule has 1 radical (unpaired) electrons. The van der Waals surface area contributed by atoms with E-state index in [1.165, 1.54) is 0 Å². The van der Waals surface area contributed by atoms with Crippen molar-refractivity contribution < 1.29 is 17.1 Å². The number of unbranched alkanes of at least 4 members (excludes halogenated alkanes) is 2. The van der Waals surface area contributed by atoms with Gasteiger partial charge in [0, 0.05) is 24.5 Å². The van der Waals surface area contributed by atoms with E-state index >= 15 is 0 Å². The van der Waals surface area contributed by atoms with Crippen molar-refractivity contribution in [3.8, 4) is 0 Å². The van der Waals surface area contributed by atoms with Crippen LogP contribution in [0.1, 0.15) is 39.5 Å². The molecule has 29 heavy (non-hydrogen) atoms. The third-order valence-electron chi connectivity index (χ3n) is 4.05. The maximum absolute atomic E-state index is 5.05. The van der Waals surface area contributed by atoms with Gasteiger partial charge in [-0.3, -0.25) is 0 Å². The number of hydrogen-bond donors (Lipinski definition) is 0. The predicted molar refractivity (Wildman–Crippen MR) is 137 cm³/mol. The summed E-state index contributed by atoms with van der Waals surface area (Å²) in [7, 11) is 0. The fourth-order valence-corrected chi connectivity index (χ4v) is 3.29. The van der Waals surface area contributed by atoms with Crippen molar-refractivity contribution >= 4 is 69.7 Å². The molecule has 0 heterocycles. The zero-order valence-corrected chi connectivity index (χ0v) is 21.1. The summed E-state index contributed by atoms with van der Waals surface area (Å²) in [4.78, 5) is 4.02. The molecule has 0 unspecified atom stereocenters. The van der Waals surface area contributed by atoms with E-state index in [1.807, 2.05) is 70.5 Å². The molecule has 0 N–H and O–H groups in total. The molecule has 0 saturated carbocycles. The van der Waals surface area contributed by atoms with Crippen molar-refractivity contribution in [3.05, 3.63) is 60.7 Å². The number of benzene rings is 2. The molecule has 0 bridgehead atoms. The molecule has 0 aliphatic carbocycles. The van der Waals surface area contributed by atoms with Crippen LogP contribution in [0.2, 0.25) is 0 Å². The van der Waals surface area contributed by atoms with Crippen LogP contribution in [0.15, 0.2) is 60.7 Å². The molecule has 0 aliphatic rings. The Balaban J connectivity index is 0.000000523. The van der Waals surface area contributed by atoms with E-state index in [1.54, 1.807) is 0 Å². The molecule has 161 valence electrons. The van der Waals surface area contributed by atoms with Crippen molar-refractivity contribution in [1.29, 1.82) is 0 Å². The second-order valence-corrected chi connectivity index (χ2v) is 8.28. The Hall–Kier alpha value is -0.821. The van der Waals surface area contributed by atoms with Crippen LogP contribution in [0.3, 0.4) is 0 Å². The first-order chi connectivity index (χ1) is 13.5. The summed E-state index contributed by atoms with van der Waals surface area (Å²) in [6, 6.07) is 20.1. The first-order valence-electron chi connectivity index (χ1n) is 9.58. The van der Waals surface area contributed by atoms with Crippen molar-refractivity contribution in [1.82, 2.24) is 0 Å². The second-order valence-electron chi connectivity index (χ2n) is 6.21. The van der Waals surface area contributed by atoms with Crippen molar-refractivity contribution in [2.75, 3.05) is 22.9 Å². The summed E-state index contributed by atoms with van der Waals surface area (Å²) in [5.74, 6) is 0. The van der Waals surface area contributed by atoms with Crippen LogP contribution >= 0.6 is 24.4 Å². The van der Waals surface area contributed by atoms with Crippen LogP contribution in [0.25, 0.3) is 0 Å². The molecule has 0 aromatic heterocycles. The number of thiocarbonyl (C=S) groups is 2. The summed E-state index contributed by atoms with van der Waals surface area (Å²) in [5.41, 5.74) is 2.20. The maximum Gasteiger partial charge on any atom is 2.00 e. The Morgan fingerprint density at radius 1 is 0.690 bits per heavy atom. The Morgan fingerprint density at radius 3 is 1.24 bits per heavy atom. The van der Waals surface area contributed by atoms with E-state index in [0.717, 1.165) is 50.1 Å². The zero-order valence-electron chi connectivity index (χ0n) is 16.8. The van der Waals surface area contributed by atoms with Crippen molar-refractivity contribution in [2.45, 2.75) is 39.5 Å². The van der Waals surface area contributed by atoms with Gasteiger partial charge in [-0.2, -0.15) is 0 Å². The van der Waals surface area contributed by atoms with Gasteiger partial charge >= 0.3 is 17.1 Å². The van der Waals surface area contributed by atoms with Crippen LogP contribution in [-0.4, -0.2) is 21.7 Å². The van der Waals surface area contributed by atoms with E-state index < -0.39 is 0 Å². The van der Waals surface area contributed by atoms with Gasteiger partial charge in [0.1, 0.15) is 0 Å². The van der Waals surface area contributed by atoms with E-state index in [0.29, 0.717) is 8.64 Å². The topological polar surface area (TPSA) is 6.48 Å². The minimum absolute atomic E-state index is 0. The van der Waals surface area contributed by atoms with Crippen LogP contribution in [0.5, 0.6) is 0 Å². The average Bonchev–Trinajstić information content (AvgIpc) is 2.70. The first kappa shape index (κ1) is 28.2. The minimum Gasteiger partial charge on any atom is -0.411 e. The van der Waals surface area contributed by atoms with Crippen molar-refractivity contribution in [3.63, 3.8) is 0 Å². The Kier molecular flexibility index (Phi) is 16.4. The Morgan fingerprint density at radius 2 is 1.00 bits per heavy atom. The number of para-hydroxylation sites is 2. The molecule has 2 rings (SSSR count). The van der Waals surface area contributed by atoms with E-state index in [9.17, 15) is 0 Å². The monoisotopic (exact) mass is 511 g/mol. The molecule has 2 nitrogen and oxygen atoms in total. The molecule has 0 aliphatic heterocycles. The maximum atomic E-state index is 5.05. The number of anilines is 2. The van der Waals surface area contributed by atoms with E-state index in [2.05, 4.69) is 13.8 Å². The minimum atomic E-state index is 0. The molecule has 2 aromatic rings. The normalized spacial score (nSPS) is 9.45. The zero-order chi connectivity index (χ0) is 20.8. The molecule has 0 atom stereocenters. The predicted octanol–water partition coefficient (Wildman–Crippen LogP) is 6.25. The fourth-order valence-electron chi connectivity index (χ4n) is 2.50. The SMILES string of the molecule is CCCCN(C(=S)[S-])c1ccccc1.CCCCN(C(=S)[S-])c1ccccc1.[Cu+2]. The number of rotatable bonds is 8. The number of nitrogens with zero attached hydrogens (tertiary/aromatic N) is 2. The van der Waals surface area contributed by atoms with Gasteiger partial charge < -0.3 is 59.5 Å². The quantitative estimate of drug-likeness (QED) is 0.233. The van der Waals surface area contributed by atoms with Gasteiger partial charge in [0.2, 0.25) is 0 Å². The molecule has 0 amide bonds. The van der Waals surface area contributed by atoms with Crippen LogP contribution in [0, 0.1) is 0 Å². The third kappa shape index (κ3) is 11.2. The molecule has 0 saturated heterocycles. The van der Waals surface area contributed by atoms with Gasteiger partial charge in [-0.05, 0) is 37.1 Å². The fraction of sp³-hybridized carbons (Fsp3) is 0.364. The van der Waals surface area contributed by atoms with E-state index in [4.69, 9.17) is 49.7 Å². The third-order valence-corrected chi connectivity index (χ3v) is 4.93. The largest absolute Gasteiger partial charge is 2.00 e. The smallest absolute Gasteiger partial charge is 0.411 e. The summed E-state index contributed by atoms with van der Waals surface area (Å²) in [5, 5.41) is 0. The number of hydrogen-bond acceptors (Lipinski definition) is 4. The van der Waals surface area contributed by atoms with E-state index in [-0.39, 0.29) is 17.1 Å². The average molecular weight is 512 g/mol. The molecule has 2 aromatic carbocycles. The summed E-state index contributed by atoms with van der Waals surface area (Å²) >= 11 is 20.2. The van der Waals surface area contributed by atoms with Crippen LogP contribution < -0.4 is 9.80 Å². The molecule has 7 heteroatoms. The summed E-state index contributed by atoms with van der Waals surface area (Å²) < 4.78 is 1.06. The molecule has 0 spiro atoms. The molecular weight excluding hydrogens is 484 g/mol. The summed E-state index contributed by atoms with van der Waals surface area (Å²) in [6.45, 7) is 6.16. The standard InChI is InChI=1S/2C11H15NS2.Cu/c2*1-2-3-9-12(11(13)14)10-7-5-4-6-8-10;/h2*4-8H,2-3,9H2,1H3,(H,13,14);/q;;+2/p-2. The van der Waals surface area contributed by atoms with Crippen molar-refractivity contribution in [2.24, 2.45) is 0 Å².